The highest BCUT2D eigenvalue weighted by molar-refractivity contribution is 8.13. The molecule has 0 amide bonds. The number of carbonyl (C=O) groups excluding carboxylic acids is 1. The van der Waals surface area contributed by atoms with Crippen LogP contribution in [0.2, 0.25) is 0 Å². The second-order valence-corrected chi connectivity index (χ2v) is 5.15. The Labute approximate surface area is 107 Å². The minimum Gasteiger partial charge on any atom is -0.392 e. The Morgan fingerprint density at radius 1 is 1.47 bits per heavy atom. The fourth-order valence-corrected chi connectivity index (χ4v) is 2.00. The molecule has 0 radical (unpaired) electrons. The molecule has 2 nitrogen and oxygen atoms in total. The van der Waals surface area contributed by atoms with Crippen molar-refractivity contribution in [3.05, 3.63) is 41.0 Å². The van der Waals surface area contributed by atoms with E-state index in [1.54, 1.807) is 6.92 Å². The third kappa shape index (κ3) is 5.20. The number of rotatable bonds is 5. The Balaban J connectivity index is 2.50. The number of benzene rings is 1. The van der Waals surface area contributed by atoms with Crippen LogP contribution in [-0.2, 0) is 11.4 Å². The summed E-state index contributed by atoms with van der Waals surface area (Å²) in [5.74, 6) is 0.824. The van der Waals surface area contributed by atoms with Gasteiger partial charge in [-0.15, -0.1) is 0 Å². The number of thioether (sulfide) groups is 1. The summed E-state index contributed by atoms with van der Waals surface area (Å²) in [6, 6.07) is 6.03. The Morgan fingerprint density at radius 2 is 2.24 bits per heavy atom. The van der Waals surface area contributed by atoms with Crippen LogP contribution in [0, 0.1) is 6.92 Å². The van der Waals surface area contributed by atoms with Crippen LogP contribution in [-0.4, -0.2) is 16.0 Å². The first-order chi connectivity index (χ1) is 8.13. The van der Waals surface area contributed by atoms with Crippen molar-refractivity contribution in [2.45, 2.75) is 26.9 Å². The van der Waals surface area contributed by atoms with Gasteiger partial charge in [-0.2, -0.15) is 0 Å². The molecule has 0 aliphatic rings. The molecule has 3 heteroatoms. The van der Waals surface area contributed by atoms with Crippen LogP contribution in [0.15, 0.2) is 24.3 Å². The molecule has 0 bridgehead atoms. The maximum atomic E-state index is 10.7. The highest BCUT2D eigenvalue weighted by Crippen LogP contribution is 2.13. The van der Waals surface area contributed by atoms with Crippen LogP contribution in [0.25, 0.3) is 6.08 Å². The average molecular weight is 250 g/mol. The van der Waals surface area contributed by atoms with E-state index in [0.717, 1.165) is 28.9 Å². The molecule has 0 heterocycles. The predicted molar refractivity (Wildman–Crippen MR) is 73.9 cm³/mol. The van der Waals surface area contributed by atoms with E-state index in [9.17, 15) is 4.79 Å². The molecule has 1 rings (SSSR count). The molecule has 0 fully saturated rings. The first-order valence-corrected chi connectivity index (χ1v) is 6.62. The SMILES string of the molecule is CC(=O)SCCC=Cc1ccc(C)c(CO)c1. The van der Waals surface area contributed by atoms with Gasteiger partial charge in [-0.05, 0) is 36.1 Å². The fraction of sp³-hybridized carbons (Fsp3) is 0.357. The highest BCUT2D eigenvalue weighted by Gasteiger charge is 1.97. The van der Waals surface area contributed by atoms with Gasteiger partial charge in [0.1, 0.15) is 0 Å². The normalized spacial score (nSPS) is 11.0. The van der Waals surface area contributed by atoms with Gasteiger partial charge in [0, 0.05) is 12.7 Å². The molecular formula is C14H18O2S. The lowest BCUT2D eigenvalue weighted by atomic mass is 10.1. The van der Waals surface area contributed by atoms with Gasteiger partial charge in [-0.25, -0.2) is 0 Å². The topological polar surface area (TPSA) is 37.3 Å². The quantitative estimate of drug-likeness (QED) is 0.816. The zero-order valence-electron chi connectivity index (χ0n) is 10.3. The number of aliphatic hydroxyl groups is 1. The summed E-state index contributed by atoms with van der Waals surface area (Å²) in [4.78, 5) is 10.7. The second kappa shape index (κ2) is 7.30. The van der Waals surface area contributed by atoms with Crippen molar-refractivity contribution in [2.75, 3.05) is 5.75 Å². The summed E-state index contributed by atoms with van der Waals surface area (Å²) in [7, 11) is 0. The van der Waals surface area contributed by atoms with Crippen molar-refractivity contribution in [2.24, 2.45) is 0 Å². The largest absolute Gasteiger partial charge is 0.392 e. The number of aliphatic hydroxyl groups excluding tert-OH is 1. The summed E-state index contributed by atoms with van der Waals surface area (Å²) in [5, 5.41) is 9.31. The van der Waals surface area contributed by atoms with Crippen molar-refractivity contribution in [3.63, 3.8) is 0 Å². The first kappa shape index (κ1) is 14.0. The van der Waals surface area contributed by atoms with Gasteiger partial charge in [0.05, 0.1) is 6.61 Å². The molecule has 0 unspecified atom stereocenters. The van der Waals surface area contributed by atoms with E-state index in [1.807, 2.05) is 31.2 Å². The number of hydrogen-bond donors (Lipinski definition) is 1. The van der Waals surface area contributed by atoms with E-state index in [2.05, 4.69) is 6.08 Å². The highest BCUT2D eigenvalue weighted by atomic mass is 32.2. The smallest absolute Gasteiger partial charge is 0.185 e. The fourth-order valence-electron chi connectivity index (χ4n) is 1.46. The zero-order chi connectivity index (χ0) is 12.7. The molecule has 1 aromatic rings. The number of hydrogen-bond acceptors (Lipinski definition) is 3. The van der Waals surface area contributed by atoms with Crippen molar-refractivity contribution < 1.29 is 9.90 Å². The molecule has 17 heavy (non-hydrogen) atoms. The Hall–Kier alpha value is -1.06. The maximum absolute atomic E-state index is 10.7. The second-order valence-electron chi connectivity index (χ2n) is 3.88. The summed E-state index contributed by atoms with van der Waals surface area (Å²) < 4.78 is 0. The van der Waals surface area contributed by atoms with Crippen LogP contribution in [0.1, 0.15) is 30.0 Å². The summed E-state index contributed by atoms with van der Waals surface area (Å²) in [5.41, 5.74) is 3.16. The Kier molecular flexibility index (Phi) is 6.01. The maximum Gasteiger partial charge on any atom is 0.185 e. The predicted octanol–water partition coefficient (Wildman–Crippen LogP) is 3.17. The monoisotopic (exact) mass is 250 g/mol. The Bertz CT molecular complexity index is 411. The van der Waals surface area contributed by atoms with Crippen LogP contribution >= 0.6 is 11.8 Å². The van der Waals surface area contributed by atoms with Crippen LogP contribution in [0.3, 0.4) is 0 Å². The van der Waals surface area contributed by atoms with E-state index in [4.69, 9.17) is 5.11 Å². The van der Waals surface area contributed by atoms with Gasteiger partial charge in [0.15, 0.2) is 5.12 Å². The first-order valence-electron chi connectivity index (χ1n) is 5.63. The molecular weight excluding hydrogens is 232 g/mol. The van der Waals surface area contributed by atoms with Crippen LogP contribution in [0.4, 0.5) is 0 Å². The van der Waals surface area contributed by atoms with Gasteiger partial charge < -0.3 is 5.11 Å². The van der Waals surface area contributed by atoms with E-state index < -0.39 is 0 Å². The molecule has 0 spiro atoms. The van der Waals surface area contributed by atoms with E-state index in [0.29, 0.717) is 0 Å². The molecule has 0 aliphatic heterocycles. The van der Waals surface area contributed by atoms with E-state index in [1.165, 1.54) is 11.8 Å². The van der Waals surface area contributed by atoms with Crippen molar-refractivity contribution in [1.29, 1.82) is 0 Å². The van der Waals surface area contributed by atoms with E-state index in [-0.39, 0.29) is 11.7 Å². The molecule has 1 N–H and O–H groups in total. The van der Waals surface area contributed by atoms with Gasteiger partial charge >= 0.3 is 0 Å². The molecule has 0 aliphatic carbocycles. The average Bonchev–Trinajstić information content (AvgIpc) is 2.30. The third-order valence-corrected chi connectivity index (χ3v) is 3.29. The minimum atomic E-state index is 0.0771. The lowest BCUT2D eigenvalue weighted by Gasteiger charge is -2.03. The van der Waals surface area contributed by atoms with Gasteiger partial charge in [-0.3, -0.25) is 4.79 Å². The Morgan fingerprint density at radius 3 is 2.88 bits per heavy atom. The molecule has 0 saturated carbocycles. The van der Waals surface area contributed by atoms with Gasteiger partial charge in [0.2, 0.25) is 0 Å². The summed E-state index contributed by atoms with van der Waals surface area (Å²) >= 11 is 1.35. The van der Waals surface area contributed by atoms with Gasteiger partial charge in [-0.1, -0.05) is 36.0 Å². The number of allylic oxidation sites excluding steroid dienone is 1. The lowest BCUT2D eigenvalue weighted by molar-refractivity contribution is -0.109. The lowest BCUT2D eigenvalue weighted by Crippen LogP contribution is -1.89. The van der Waals surface area contributed by atoms with Gasteiger partial charge in [0.25, 0.3) is 0 Å². The van der Waals surface area contributed by atoms with Crippen LogP contribution < -0.4 is 0 Å². The van der Waals surface area contributed by atoms with Crippen molar-refractivity contribution in [1.82, 2.24) is 0 Å². The number of carbonyl (C=O) groups is 1. The zero-order valence-corrected chi connectivity index (χ0v) is 11.1. The standard InChI is InChI=1S/C14H18O2S/c1-11-6-7-13(9-14(11)10-15)5-3-4-8-17-12(2)16/h3,5-7,9,15H,4,8,10H2,1-2H3. The summed E-state index contributed by atoms with van der Waals surface area (Å²) in [6.45, 7) is 3.65. The minimum absolute atomic E-state index is 0.0771. The van der Waals surface area contributed by atoms with Crippen molar-refractivity contribution in [3.8, 4) is 0 Å². The molecule has 1 aromatic carbocycles. The van der Waals surface area contributed by atoms with E-state index >= 15 is 0 Å². The molecule has 0 aromatic heterocycles. The number of aryl methyl sites for hydroxylation is 1. The molecule has 0 atom stereocenters. The summed E-state index contributed by atoms with van der Waals surface area (Å²) in [6.07, 6.45) is 4.97. The third-order valence-electron chi connectivity index (χ3n) is 2.44. The molecule has 92 valence electrons. The van der Waals surface area contributed by atoms with Crippen LogP contribution in [0.5, 0.6) is 0 Å². The van der Waals surface area contributed by atoms with Crippen molar-refractivity contribution >= 4 is 23.0 Å². The molecule has 0 saturated heterocycles.